The minimum absolute atomic E-state index is 0.370. The zero-order valence-electron chi connectivity index (χ0n) is 7.37. The van der Waals surface area contributed by atoms with Crippen LogP contribution < -0.4 is 0 Å². The zero-order chi connectivity index (χ0) is 10.3. The maximum Gasteiger partial charge on any atom is 0.347 e. The molecule has 0 aliphatic heterocycles. The van der Waals surface area contributed by atoms with Crippen molar-refractivity contribution in [2.24, 2.45) is 0 Å². The summed E-state index contributed by atoms with van der Waals surface area (Å²) in [5, 5.41) is 9.95. The van der Waals surface area contributed by atoms with Gasteiger partial charge in [-0.2, -0.15) is 0 Å². The van der Waals surface area contributed by atoms with Crippen LogP contribution in [0, 0.1) is 6.92 Å². The standard InChI is InChI=1S/C10H7BrO2S/c1-5-3-2-4-6-7(5)8(11)9(14-6)10(12)13/h2-4H,1H3,(H,12,13). The van der Waals surface area contributed by atoms with Crippen LogP contribution in [-0.2, 0) is 0 Å². The van der Waals surface area contributed by atoms with Crippen molar-refractivity contribution >= 4 is 43.3 Å². The van der Waals surface area contributed by atoms with Crippen LogP contribution in [-0.4, -0.2) is 11.1 Å². The van der Waals surface area contributed by atoms with E-state index in [1.54, 1.807) is 0 Å². The van der Waals surface area contributed by atoms with Crippen molar-refractivity contribution in [3.8, 4) is 0 Å². The van der Waals surface area contributed by atoms with Crippen molar-refractivity contribution in [1.29, 1.82) is 0 Å². The molecule has 0 fully saturated rings. The Bertz CT molecular complexity index is 516. The van der Waals surface area contributed by atoms with Gasteiger partial charge in [0.05, 0.1) is 4.47 Å². The zero-order valence-corrected chi connectivity index (χ0v) is 9.78. The number of fused-ring (bicyclic) bond motifs is 1. The second-order valence-corrected chi connectivity index (χ2v) is 4.84. The number of halogens is 1. The molecule has 1 heterocycles. The summed E-state index contributed by atoms with van der Waals surface area (Å²) in [6, 6.07) is 5.85. The molecule has 1 N–H and O–H groups in total. The van der Waals surface area contributed by atoms with Gasteiger partial charge in [0.1, 0.15) is 4.88 Å². The molecule has 0 unspecified atom stereocenters. The van der Waals surface area contributed by atoms with Crippen molar-refractivity contribution in [1.82, 2.24) is 0 Å². The van der Waals surface area contributed by atoms with Crippen LogP contribution >= 0.6 is 27.3 Å². The van der Waals surface area contributed by atoms with Crippen molar-refractivity contribution in [2.75, 3.05) is 0 Å². The highest BCUT2D eigenvalue weighted by Gasteiger charge is 2.16. The monoisotopic (exact) mass is 270 g/mol. The van der Waals surface area contributed by atoms with Crippen LogP contribution in [0.25, 0.3) is 10.1 Å². The molecule has 0 spiro atoms. The van der Waals surface area contributed by atoms with E-state index in [0.717, 1.165) is 15.6 Å². The number of carboxylic acids is 1. The Labute approximate surface area is 93.3 Å². The minimum Gasteiger partial charge on any atom is -0.477 e. The average Bonchev–Trinajstić information content (AvgIpc) is 2.45. The lowest BCUT2D eigenvalue weighted by Gasteiger charge is -1.95. The lowest BCUT2D eigenvalue weighted by Crippen LogP contribution is -1.91. The van der Waals surface area contributed by atoms with Gasteiger partial charge in [-0.25, -0.2) is 4.79 Å². The van der Waals surface area contributed by atoms with Gasteiger partial charge in [0.15, 0.2) is 0 Å². The third kappa shape index (κ3) is 1.35. The van der Waals surface area contributed by atoms with Crippen LogP contribution in [0.5, 0.6) is 0 Å². The summed E-state index contributed by atoms with van der Waals surface area (Å²) in [6.07, 6.45) is 0. The fraction of sp³-hybridized carbons (Fsp3) is 0.100. The van der Waals surface area contributed by atoms with Gasteiger partial charge >= 0.3 is 5.97 Å². The number of benzene rings is 1. The smallest absolute Gasteiger partial charge is 0.347 e. The summed E-state index contributed by atoms with van der Waals surface area (Å²) in [5.74, 6) is -0.877. The molecule has 2 aromatic rings. The van der Waals surface area contributed by atoms with E-state index in [0.29, 0.717) is 9.35 Å². The molecule has 0 aliphatic rings. The number of carbonyl (C=O) groups is 1. The largest absolute Gasteiger partial charge is 0.477 e. The Morgan fingerprint density at radius 2 is 2.21 bits per heavy atom. The van der Waals surface area contributed by atoms with Gasteiger partial charge in [0.25, 0.3) is 0 Å². The van der Waals surface area contributed by atoms with E-state index in [9.17, 15) is 4.79 Å². The number of rotatable bonds is 1. The summed E-state index contributed by atoms with van der Waals surface area (Å²) >= 11 is 4.63. The fourth-order valence-electron chi connectivity index (χ4n) is 1.41. The van der Waals surface area contributed by atoms with E-state index in [2.05, 4.69) is 15.9 Å². The Kier molecular flexibility index (Phi) is 2.33. The molecule has 0 aliphatic carbocycles. The van der Waals surface area contributed by atoms with Gasteiger partial charge < -0.3 is 5.11 Å². The third-order valence-electron chi connectivity index (χ3n) is 2.06. The average molecular weight is 271 g/mol. The fourth-order valence-corrected chi connectivity index (χ4v) is 3.49. The van der Waals surface area contributed by atoms with Gasteiger partial charge in [-0.3, -0.25) is 0 Å². The summed E-state index contributed by atoms with van der Waals surface area (Å²) in [6.45, 7) is 1.98. The molecule has 0 radical (unpaired) electrons. The summed E-state index contributed by atoms with van der Waals surface area (Å²) in [5.41, 5.74) is 1.10. The summed E-state index contributed by atoms with van der Waals surface area (Å²) < 4.78 is 1.71. The number of carboxylic acid groups (broad SMARTS) is 1. The first kappa shape index (κ1) is 9.68. The highest BCUT2D eigenvalue weighted by molar-refractivity contribution is 9.10. The highest BCUT2D eigenvalue weighted by atomic mass is 79.9. The first-order valence-corrected chi connectivity index (χ1v) is 5.63. The van der Waals surface area contributed by atoms with Gasteiger partial charge in [0.2, 0.25) is 0 Å². The first-order valence-electron chi connectivity index (χ1n) is 4.02. The molecule has 1 aromatic carbocycles. The van der Waals surface area contributed by atoms with Crippen molar-refractivity contribution < 1.29 is 9.90 Å². The maximum absolute atomic E-state index is 10.9. The maximum atomic E-state index is 10.9. The Hall–Kier alpha value is -0.870. The van der Waals surface area contributed by atoms with Crippen LogP contribution in [0.3, 0.4) is 0 Å². The van der Waals surface area contributed by atoms with Crippen LogP contribution in [0.4, 0.5) is 0 Å². The Morgan fingerprint density at radius 1 is 1.50 bits per heavy atom. The highest BCUT2D eigenvalue weighted by Crippen LogP contribution is 2.37. The minimum atomic E-state index is -0.877. The molecule has 2 nitrogen and oxygen atoms in total. The third-order valence-corrected chi connectivity index (χ3v) is 4.26. The number of aryl methyl sites for hydroxylation is 1. The van der Waals surface area contributed by atoms with E-state index < -0.39 is 5.97 Å². The topological polar surface area (TPSA) is 37.3 Å². The second-order valence-electron chi connectivity index (χ2n) is 3.00. The normalized spacial score (nSPS) is 10.7. The molecule has 72 valence electrons. The Morgan fingerprint density at radius 3 is 2.79 bits per heavy atom. The summed E-state index contributed by atoms with van der Waals surface area (Å²) in [7, 11) is 0. The van der Waals surface area contributed by atoms with E-state index >= 15 is 0 Å². The predicted molar refractivity (Wildman–Crippen MR) is 61.2 cm³/mol. The Balaban J connectivity index is 2.87. The molecule has 0 saturated heterocycles. The van der Waals surface area contributed by atoms with Gasteiger partial charge in [-0.15, -0.1) is 11.3 Å². The van der Waals surface area contributed by atoms with Crippen molar-refractivity contribution in [3.05, 3.63) is 33.1 Å². The SMILES string of the molecule is Cc1cccc2sc(C(=O)O)c(Br)c12. The van der Waals surface area contributed by atoms with Gasteiger partial charge in [0, 0.05) is 10.1 Å². The van der Waals surface area contributed by atoms with Crippen LogP contribution in [0.2, 0.25) is 0 Å². The molecule has 0 amide bonds. The molecule has 4 heteroatoms. The van der Waals surface area contributed by atoms with Crippen molar-refractivity contribution in [2.45, 2.75) is 6.92 Å². The van der Waals surface area contributed by atoms with E-state index in [1.165, 1.54) is 11.3 Å². The van der Waals surface area contributed by atoms with E-state index in [1.807, 2.05) is 25.1 Å². The molecule has 1 aromatic heterocycles. The molecule has 0 atom stereocenters. The molecular formula is C10H7BrO2S. The lowest BCUT2D eigenvalue weighted by molar-refractivity contribution is 0.0701. The number of hydrogen-bond acceptors (Lipinski definition) is 2. The van der Waals surface area contributed by atoms with Gasteiger partial charge in [-0.05, 0) is 34.5 Å². The lowest BCUT2D eigenvalue weighted by atomic mass is 10.1. The number of aromatic carboxylic acids is 1. The van der Waals surface area contributed by atoms with Crippen molar-refractivity contribution in [3.63, 3.8) is 0 Å². The van der Waals surface area contributed by atoms with E-state index in [-0.39, 0.29) is 0 Å². The van der Waals surface area contributed by atoms with E-state index in [4.69, 9.17) is 5.11 Å². The second kappa shape index (κ2) is 3.37. The quantitative estimate of drug-likeness (QED) is 0.859. The first-order chi connectivity index (χ1) is 6.61. The number of thiophene rings is 1. The molecular weight excluding hydrogens is 264 g/mol. The summed E-state index contributed by atoms with van der Waals surface area (Å²) in [4.78, 5) is 11.3. The molecule has 14 heavy (non-hydrogen) atoms. The van der Waals surface area contributed by atoms with Gasteiger partial charge in [-0.1, -0.05) is 12.1 Å². The molecule has 0 saturated carbocycles. The van der Waals surface area contributed by atoms with Crippen LogP contribution in [0.1, 0.15) is 15.2 Å². The molecule has 0 bridgehead atoms. The number of hydrogen-bond donors (Lipinski definition) is 1. The predicted octanol–water partition coefficient (Wildman–Crippen LogP) is 3.67. The van der Waals surface area contributed by atoms with Crippen LogP contribution in [0.15, 0.2) is 22.7 Å². The molecule has 2 rings (SSSR count).